The molecule has 4 rings (SSSR count). The SMILES string of the molecule is Cc1nnc2ccc(N3CCOC(c4ccccc4Br)C3)nn12. The van der Waals surface area contributed by atoms with Crippen molar-refractivity contribution in [1.82, 2.24) is 19.8 Å². The van der Waals surface area contributed by atoms with Crippen molar-refractivity contribution in [3.8, 4) is 0 Å². The molecule has 2 aromatic heterocycles. The molecule has 1 aliphatic rings. The van der Waals surface area contributed by atoms with E-state index in [0.717, 1.165) is 34.9 Å². The molecule has 1 saturated heterocycles. The maximum Gasteiger partial charge on any atom is 0.178 e. The zero-order chi connectivity index (χ0) is 15.8. The molecule has 6 nitrogen and oxygen atoms in total. The summed E-state index contributed by atoms with van der Waals surface area (Å²) in [5, 5.41) is 12.8. The molecule has 3 aromatic rings. The Kier molecular flexibility index (Phi) is 3.74. The van der Waals surface area contributed by atoms with Crippen LogP contribution in [0.25, 0.3) is 5.65 Å². The zero-order valence-corrected chi connectivity index (χ0v) is 14.3. The third-order valence-electron chi connectivity index (χ3n) is 4.05. The number of ether oxygens (including phenoxy) is 1. The Balaban J connectivity index is 1.63. The van der Waals surface area contributed by atoms with Crippen LogP contribution in [0, 0.1) is 6.92 Å². The summed E-state index contributed by atoms with van der Waals surface area (Å²) in [6.45, 7) is 4.16. The molecule has 0 saturated carbocycles. The summed E-state index contributed by atoms with van der Waals surface area (Å²) in [5.74, 6) is 1.71. The van der Waals surface area contributed by atoms with E-state index in [2.05, 4.69) is 42.2 Å². The summed E-state index contributed by atoms with van der Waals surface area (Å²) < 4.78 is 8.81. The molecule has 1 unspecified atom stereocenters. The topological polar surface area (TPSA) is 55.5 Å². The van der Waals surface area contributed by atoms with E-state index >= 15 is 0 Å². The minimum atomic E-state index is 0.0267. The highest BCUT2D eigenvalue weighted by Crippen LogP contribution is 2.30. The van der Waals surface area contributed by atoms with Gasteiger partial charge in [-0.3, -0.25) is 0 Å². The largest absolute Gasteiger partial charge is 0.370 e. The molecule has 0 aliphatic carbocycles. The van der Waals surface area contributed by atoms with Crippen LogP contribution in [0.1, 0.15) is 17.5 Å². The number of fused-ring (bicyclic) bond motifs is 1. The standard InChI is InChI=1S/C16H16BrN5O/c1-11-18-19-15-6-7-16(20-22(11)15)21-8-9-23-14(10-21)12-4-2-3-5-13(12)17/h2-7,14H,8-10H2,1H3. The van der Waals surface area contributed by atoms with E-state index in [1.165, 1.54) is 5.56 Å². The first kappa shape index (κ1) is 14.6. The number of nitrogens with zero attached hydrogens (tertiary/aromatic N) is 5. The number of anilines is 1. The van der Waals surface area contributed by atoms with Gasteiger partial charge in [-0.25, -0.2) is 0 Å². The van der Waals surface area contributed by atoms with Crippen LogP contribution in [0.5, 0.6) is 0 Å². The van der Waals surface area contributed by atoms with Crippen molar-refractivity contribution >= 4 is 27.4 Å². The van der Waals surface area contributed by atoms with Crippen LogP contribution in [0.4, 0.5) is 5.82 Å². The van der Waals surface area contributed by atoms with E-state index in [4.69, 9.17) is 4.74 Å². The van der Waals surface area contributed by atoms with Gasteiger partial charge in [-0.2, -0.15) is 4.52 Å². The van der Waals surface area contributed by atoms with Crippen molar-refractivity contribution in [2.75, 3.05) is 24.6 Å². The Bertz CT molecular complexity index is 849. The number of benzene rings is 1. The molecule has 23 heavy (non-hydrogen) atoms. The lowest BCUT2D eigenvalue weighted by molar-refractivity contribution is 0.0390. The predicted octanol–water partition coefficient (Wildman–Crippen LogP) is 2.77. The molecule has 3 heterocycles. The Morgan fingerprint density at radius 3 is 2.91 bits per heavy atom. The van der Waals surface area contributed by atoms with Gasteiger partial charge in [0.1, 0.15) is 11.9 Å². The lowest BCUT2D eigenvalue weighted by atomic mass is 10.1. The van der Waals surface area contributed by atoms with E-state index in [9.17, 15) is 0 Å². The molecule has 1 aliphatic heterocycles. The van der Waals surface area contributed by atoms with Crippen LogP contribution in [-0.4, -0.2) is 39.5 Å². The first-order chi connectivity index (χ1) is 11.2. The van der Waals surface area contributed by atoms with Crippen LogP contribution in [-0.2, 0) is 4.74 Å². The number of halogens is 1. The van der Waals surface area contributed by atoms with Crippen molar-refractivity contribution in [3.05, 3.63) is 52.3 Å². The summed E-state index contributed by atoms with van der Waals surface area (Å²) in [4.78, 5) is 2.24. The molecule has 7 heteroatoms. The van der Waals surface area contributed by atoms with Gasteiger partial charge in [-0.05, 0) is 30.7 Å². The molecule has 1 aromatic carbocycles. The third-order valence-corrected chi connectivity index (χ3v) is 4.77. The van der Waals surface area contributed by atoms with Gasteiger partial charge in [0, 0.05) is 17.6 Å². The number of aromatic nitrogens is 4. The van der Waals surface area contributed by atoms with E-state index in [1.807, 2.05) is 37.3 Å². The van der Waals surface area contributed by atoms with Crippen molar-refractivity contribution < 1.29 is 4.74 Å². The van der Waals surface area contributed by atoms with Gasteiger partial charge in [0.05, 0.1) is 6.61 Å². The average molecular weight is 374 g/mol. The van der Waals surface area contributed by atoms with Gasteiger partial charge >= 0.3 is 0 Å². The maximum absolute atomic E-state index is 5.96. The zero-order valence-electron chi connectivity index (χ0n) is 12.7. The fraction of sp³-hybridized carbons (Fsp3) is 0.312. The molecule has 1 atom stereocenters. The lowest BCUT2D eigenvalue weighted by Crippen LogP contribution is -2.39. The highest BCUT2D eigenvalue weighted by molar-refractivity contribution is 9.10. The second kappa shape index (κ2) is 5.90. The number of aryl methyl sites for hydroxylation is 1. The highest BCUT2D eigenvalue weighted by Gasteiger charge is 2.24. The number of hydrogen-bond donors (Lipinski definition) is 0. The first-order valence-electron chi connectivity index (χ1n) is 7.52. The number of rotatable bonds is 2. The molecule has 0 radical (unpaired) electrons. The fourth-order valence-electron chi connectivity index (χ4n) is 2.84. The summed E-state index contributed by atoms with van der Waals surface area (Å²) >= 11 is 3.61. The summed E-state index contributed by atoms with van der Waals surface area (Å²) in [6.07, 6.45) is 0.0267. The lowest BCUT2D eigenvalue weighted by Gasteiger charge is -2.34. The first-order valence-corrected chi connectivity index (χ1v) is 8.32. The Labute approximate surface area is 142 Å². The van der Waals surface area contributed by atoms with Gasteiger partial charge in [0.2, 0.25) is 0 Å². The van der Waals surface area contributed by atoms with Crippen LogP contribution in [0.15, 0.2) is 40.9 Å². The van der Waals surface area contributed by atoms with E-state index in [1.54, 1.807) is 4.52 Å². The maximum atomic E-state index is 5.96. The normalized spacial score (nSPS) is 18.5. The number of hydrogen-bond acceptors (Lipinski definition) is 5. The summed E-state index contributed by atoms with van der Waals surface area (Å²) in [6, 6.07) is 12.1. The average Bonchev–Trinajstić information content (AvgIpc) is 2.96. The van der Waals surface area contributed by atoms with Gasteiger partial charge in [-0.1, -0.05) is 34.1 Å². The molecule has 118 valence electrons. The second-order valence-electron chi connectivity index (χ2n) is 5.54. The third kappa shape index (κ3) is 2.70. The Morgan fingerprint density at radius 1 is 1.17 bits per heavy atom. The molecule has 1 fully saturated rings. The number of morpholine rings is 1. The van der Waals surface area contributed by atoms with Crippen molar-refractivity contribution in [3.63, 3.8) is 0 Å². The van der Waals surface area contributed by atoms with E-state index < -0.39 is 0 Å². The fourth-order valence-corrected chi connectivity index (χ4v) is 3.38. The molecule has 0 amide bonds. The van der Waals surface area contributed by atoms with E-state index in [0.29, 0.717) is 6.61 Å². The molecule has 0 bridgehead atoms. The van der Waals surface area contributed by atoms with Gasteiger partial charge in [-0.15, -0.1) is 15.3 Å². The van der Waals surface area contributed by atoms with Gasteiger partial charge in [0.25, 0.3) is 0 Å². The monoisotopic (exact) mass is 373 g/mol. The Morgan fingerprint density at radius 2 is 2.04 bits per heavy atom. The van der Waals surface area contributed by atoms with Crippen LogP contribution < -0.4 is 4.90 Å². The van der Waals surface area contributed by atoms with Crippen LogP contribution in [0.2, 0.25) is 0 Å². The quantitative estimate of drug-likeness (QED) is 0.691. The minimum absolute atomic E-state index is 0.0267. The summed E-state index contributed by atoms with van der Waals surface area (Å²) in [7, 11) is 0. The molecule has 0 spiro atoms. The van der Waals surface area contributed by atoms with Crippen LogP contribution in [0.3, 0.4) is 0 Å². The van der Waals surface area contributed by atoms with E-state index in [-0.39, 0.29) is 6.10 Å². The highest BCUT2D eigenvalue weighted by atomic mass is 79.9. The molecular weight excluding hydrogens is 358 g/mol. The molecular formula is C16H16BrN5O. The van der Waals surface area contributed by atoms with Gasteiger partial charge < -0.3 is 9.64 Å². The smallest absolute Gasteiger partial charge is 0.178 e. The van der Waals surface area contributed by atoms with Crippen LogP contribution >= 0.6 is 15.9 Å². The Hall–Kier alpha value is -1.99. The molecule has 0 N–H and O–H groups in total. The van der Waals surface area contributed by atoms with Gasteiger partial charge in [0.15, 0.2) is 11.5 Å². The van der Waals surface area contributed by atoms with Crippen molar-refractivity contribution in [2.45, 2.75) is 13.0 Å². The predicted molar refractivity (Wildman–Crippen MR) is 90.6 cm³/mol. The van der Waals surface area contributed by atoms with Crippen molar-refractivity contribution in [1.29, 1.82) is 0 Å². The second-order valence-corrected chi connectivity index (χ2v) is 6.39. The van der Waals surface area contributed by atoms with Crippen molar-refractivity contribution in [2.24, 2.45) is 0 Å². The minimum Gasteiger partial charge on any atom is -0.370 e. The summed E-state index contributed by atoms with van der Waals surface area (Å²) in [5.41, 5.74) is 1.93.